The van der Waals surface area contributed by atoms with Crippen molar-refractivity contribution >= 4 is 5.97 Å². The van der Waals surface area contributed by atoms with Crippen LogP contribution in [0.1, 0.15) is 51.9 Å². The second kappa shape index (κ2) is 5.64. The summed E-state index contributed by atoms with van der Waals surface area (Å²) in [5.74, 6) is -0.578. The van der Waals surface area contributed by atoms with Gasteiger partial charge < -0.3 is 5.11 Å². The minimum atomic E-state index is -0.578. The Balaban J connectivity index is 1.62. The van der Waals surface area contributed by atoms with Crippen molar-refractivity contribution in [3.63, 3.8) is 0 Å². The average Bonchev–Trinajstić information content (AvgIpc) is 2.91. The maximum atomic E-state index is 11.5. The monoisotopic (exact) mass is 280 g/mol. The van der Waals surface area contributed by atoms with Crippen LogP contribution in [0.15, 0.2) is 0 Å². The molecule has 20 heavy (non-hydrogen) atoms. The summed E-state index contributed by atoms with van der Waals surface area (Å²) in [5.41, 5.74) is -0.443. The minimum absolute atomic E-state index is 0.443. The van der Waals surface area contributed by atoms with E-state index >= 15 is 0 Å². The Hall–Kier alpha value is -0.610. The first-order valence-corrected chi connectivity index (χ1v) is 8.38. The molecule has 4 heteroatoms. The summed E-state index contributed by atoms with van der Waals surface area (Å²) in [5, 5.41) is 9.50. The van der Waals surface area contributed by atoms with Crippen molar-refractivity contribution in [1.29, 1.82) is 0 Å². The second-order valence-electron chi connectivity index (χ2n) is 6.93. The van der Waals surface area contributed by atoms with Gasteiger partial charge in [-0.2, -0.15) is 0 Å². The van der Waals surface area contributed by atoms with Crippen LogP contribution in [0.4, 0.5) is 0 Å². The molecule has 114 valence electrons. The lowest BCUT2D eigenvalue weighted by Crippen LogP contribution is -2.52. The van der Waals surface area contributed by atoms with Crippen LogP contribution in [0.3, 0.4) is 0 Å². The first kappa shape index (κ1) is 14.3. The van der Waals surface area contributed by atoms with E-state index in [0.29, 0.717) is 6.04 Å². The lowest BCUT2D eigenvalue weighted by Gasteiger charge is -2.44. The third kappa shape index (κ3) is 2.37. The van der Waals surface area contributed by atoms with Gasteiger partial charge in [0.1, 0.15) is 0 Å². The fourth-order valence-corrected chi connectivity index (χ4v) is 4.65. The summed E-state index contributed by atoms with van der Waals surface area (Å²) in [6.07, 6.45) is 7.82. The topological polar surface area (TPSA) is 43.8 Å². The van der Waals surface area contributed by atoms with E-state index in [0.717, 1.165) is 38.4 Å². The Kier molecular flexibility index (Phi) is 4.04. The SMILES string of the molecule is CCC1(C(=O)O)CCN(C2CCN3CCCCC23)CC1. The highest BCUT2D eigenvalue weighted by Gasteiger charge is 2.44. The van der Waals surface area contributed by atoms with Crippen LogP contribution in [-0.2, 0) is 4.79 Å². The predicted molar refractivity (Wildman–Crippen MR) is 78.8 cm³/mol. The first-order valence-electron chi connectivity index (χ1n) is 8.38. The number of rotatable bonds is 3. The van der Waals surface area contributed by atoms with Gasteiger partial charge in [-0.25, -0.2) is 0 Å². The van der Waals surface area contributed by atoms with Crippen molar-refractivity contribution in [2.75, 3.05) is 26.2 Å². The molecule has 0 aliphatic carbocycles. The quantitative estimate of drug-likeness (QED) is 0.860. The van der Waals surface area contributed by atoms with Crippen LogP contribution < -0.4 is 0 Å². The maximum absolute atomic E-state index is 11.5. The molecule has 0 aromatic carbocycles. The van der Waals surface area contributed by atoms with Gasteiger partial charge in [-0.1, -0.05) is 13.3 Å². The molecule has 3 heterocycles. The van der Waals surface area contributed by atoms with Crippen molar-refractivity contribution in [2.24, 2.45) is 5.41 Å². The third-order valence-corrected chi connectivity index (χ3v) is 6.18. The minimum Gasteiger partial charge on any atom is -0.481 e. The fraction of sp³-hybridized carbons (Fsp3) is 0.938. The van der Waals surface area contributed by atoms with Crippen LogP contribution >= 0.6 is 0 Å². The first-order chi connectivity index (χ1) is 9.66. The third-order valence-electron chi connectivity index (χ3n) is 6.18. The van der Waals surface area contributed by atoms with E-state index in [1.807, 2.05) is 6.92 Å². The number of aliphatic carboxylic acids is 1. The molecule has 1 N–H and O–H groups in total. The van der Waals surface area contributed by atoms with E-state index in [9.17, 15) is 9.90 Å². The maximum Gasteiger partial charge on any atom is 0.309 e. The van der Waals surface area contributed by atoms with E-state index in [1.165, 1.54) is 38.8 Å². The predicted octanol–water partition coefficient (Wildman–Crippen LogP) is 2.19. The van der Waals surface area contributed by atoms with E-state index in [-0.39, 0.29) is 0 Å². The van der Waals surface area contributed by atoms with Gasteiger partial charge in [-0.05, 0) is 58.2 Å². The molecule has 0 spiro atoms. The molecule has 4 nitrogen and oxygen atoms in total. The molecule has 0 radical (unpaired) electrons. The zero-order valence-corrected chi connectivity index (χ0v) is 12.7. The number of likely N-dealkylation sites (tertiary alicyclic amines) is 1. The molecule has 0 aromatic rings. The number of carbonyl (C=O) groups is 1. The molecule has 3 aliphatic rings. The van der Waals surface area contributed by atoms with Crippen LogP contribution in [0, 0.1) is 5.41 Å². The summed E-state index contributed by atoms with van der Waals surface area (Å²) in [6, 6.07) is 1.45. The molecule has 3 fully saturated rings. The standard InChI is InChI=1S/C16H28N2O2/c1-2-16(15(19)20)7-11-18(12-8-16)14-6-10-17-9-4-3-5-13(14)17/h13-14H,2-12H2,1H3,(H,19,20). The highest BCUT2D eigenvalue weighted by molar-refractivity contribution is 5.74. The molecule has 0 saturated carbocycles. The van der Waals surface area contributed by atoms with E-state index in [2.05, 4.69) is 9.80 Å². The van der Waals surface area contributed by atoms with E-state index < -0.39 is 11.4 Å². The van der Waals surface area contributed by atoms with Gasteiger partial charge >= 0.3 is 5.97 Å². The molecular formula is C16H28N2O2. The summed E-state index contributed by atoms with van der Waals surface area (Å²) in [4.78, 5) is 16.8. The van der Waals surface area contributed by atoms with Gasteiger partial charge in [-0.15, -0.1) is 0 Å². The van der Waals surface area contributed by atoms with Gasteiger partial charge in [0.2, 0.25) is 0 Å². The lowest BCUT2D eigenvalue weighted by atomic mass is 9.75. The number of fused-ring (bicyclic) bond motifs is 1. The van der Waals surface area contributed by atoms with Crippen LogP contribution in [0.25, 0.3) is 0 Å². The normalized spacial score (nSPS) is 34.9. The molecule has 3 aliphatic heterocycles. The number of carboxylic acid groups (broad SMARTS) is 1. The number of hydrogen-bond donors (Lipinski definition) is 1. The number of carboxylic acids is 1. The lowest BCUT2D eigenvalue weighted by molar-refractivity contribution is -0.152. The van der Waals surface area contributed by atoms with Crippen molar-refractivity contribution in [3.8, 4) is 0 Å². The smallest absolute Gasteiger partial charge is 0.309 e. The number of piperidine rings is 2. The Labute approximate surface area is 122 Å². The Bertz CT molecular complexity index is 363. The molecular weight excluding hydrogens is 252 g/mol. The van der Waals surface area contributed by atoms with E-state index in [1.54, 1.807) is 0 Å². The van der Waals surface area contributed by atoms with Gasteiger partial charge in [-0.3, -0.25) is 14.6 Å². The second-order valence-corrected chi connectivity index (χ2v) is 6.93. The average molecular weight is 280 g/mol. The molecule has 0 amide bonds. The zero-order chi connectivity index (χ0) is 14.2. The molecule has 3 rings (SSSR count). The fourth-order valence-electron chi connectivity index (χ4n) is 4.65. The summed E-state index contributed by atoms with van der Waals surface area (Å²) < 4.78 is 0. The largest absolute Gasteiger partial charge is 0.481 e. The summed E-state index contributed by atoms with van der Waals surface area (Å²) in [6.45, 7) is 6.53. The van der Waals surface area contributed by atoms with Gasteiger partial charge in [0.25, 0.3) is 0 Å². The Morgan fingerprint density at radius 1 is 1.05 bits per heavy atom. The van der Waals surface area contributed by atoms with Crippen molar-refractivity contribution in [3.05, 3.63) is 0 Å². The van der Waals surface area contributed by atoms with Gasteiger partial charge in [0.15, 0.2) is 0 Å². The van der Waals surface area contributed by atoms with Gasteiger partial charge in [0.05, 0.1) is 5.41 Å². The van der Waals surface area contributed by atoms with Crippen molar-refractivity contribution < 1.29 is 9.90 Å². The molecule has 0 aromatic heterocycles. The highest BCUT2D eigenvalue weighted by atomic mass is 16.4. The molecule has 2 unspecified atom stereocenters. The molecule has 0 bridgehead atoms. The van der Waals surface area contributed by atoms with Crippen molar-refractivity contribution in [1.82, 2.24) is 9.80 Å². The van der Waals surface area contributed by atoms with Crippen LogP contribution in [-0.4, -0.2) is 59.1 Å². The summed E-state index contributed by atoms with van der Waals surface area (Å²) in [7, 11) is 0. The summed E-state index contributed by atoms with van der Waals surface area (Å²) >= 11 is 0. The van der Waals surface area contributed by atoms with E-state index in [4.69, 9.17) is 0 Å². The van der Waals surface area contributed by atoms with Crippen LogP contribution in [0.5, 0.6) is 0 Å². The molecule has 3 saturated heterocycles. The zero-order valence-electron chi connectivity index (χ0n) is 12.7. The van der Waals surface area contributed by atoms with Crippen LogP contribution in [0.2, 0.25) is 0 Å². The number of hydrogen-bond acceptors (Lipinski definition) is 3. The van der Waals surface area contributed by atoms with Gasteiger partial charge in [0, 0.05) is 18.6 Å². The number of nitrogens with zero attached hydrogens (tertiary/aromatic N) is 2. The highest BCUT2D eigenvalue weighted by Crippen LogP contribution is 2.38. The Morgan fingerprint density at radius 2 is 1.70 bits per heavy atom. The van der Waals surface area contributed by atoms with Crippen molar-refractivity contribution in [2.45, 2.75) is 64.0 Å². The molecule has 2 atom stereocenters. The Morgan fingerprint density at radius 3 is 2.35 bits per heavy atom.